The maximum Gasteiger partial charge on any atom is 0.410 e. The molecule has 1 aliphatic heterocycles. The van der Waals surface area contributed by atoms with Crippen LogP contribution in [0.1, 0.15) is 52.3 Å². The molecule has 2 unspecified atom stereocenters. The first-order valence-electron chi connectivity index (χ1n) is 7.60. The molecule has 2 aliphatic rings. The minimum Gasteiger partial charge on any atom is -0.444 e. The summed E-state index contributed by atoms with van der Waals surface area (Å²) < 4.78 is 10.5. The Morgan fingerprint density at radius 1 is 1.27 bits per heavy atom. The number of amides is 1. The number of fused-ring (bicyclic) bond motifs is 1. The fraction of sp³-hybridized carbons (Fsp3) is 0.800. The summed E-state index contributed by atoms with van der Waals surface area (Å²) in [5, 5.41) is 13.8. The molecule has 1 aromatic rings. The highest BCUT2D eigenvalue weighted by atomic mass is 16.6. The van der Waals surface area contributed by atoms with Gasteiger partial charge in [0, 0.05) is 19.0 Å². The van der Waals surface area contributed by atoms with Crippen molar-refractivity contribution in [2.75, 3.05) is 13.1 Å². The smallest absolute Gasteiger partial charge is 0.410 e. The molecule has 1 amide bonds. The van der Waals surface area contributed by atoms with Crippen LogP contribution in [0.15, 0.2) is 4.52 Å². The van der Waals surface area contributed by atoms with E-state index in [1.165, 1.54) is 0 Å². The van der Waals surface area contributed by atoms with Gasteiger partial charge in [0.05, 0.1) is 0 Å². The van der Waals surface area contributed by atoms with Crippen molar-refractivity contribution in [3.63, 3.8) is 0 Å². The molecule has 22 heavy (non-hydrogen) atoms. The maximum absolute atomic E-state index is 12.0. The summed E-state index contributed by atoms with van der Waals surface area (Å²) in [7, 11) is 0. The zero-order valence-electron chi connectivity index (χ0n) is 13.7. The van der Waals surface area contributed by atoms with Gasteiger partial charge in [-0.25, -0.2) is 4.79 Å². The number of piperidine rings is 1. The molecule has 2 fully saturated rings. The molecule has 1 aliphatic carbocycles. The first-order chi connectivity index (χ1) is 10.1. The molecule has 0 radical (unpaired) electrons. The number of ether oxygens (including phenoxy) is 1. The van der Waals surface area contributed by atoms with Crippen LogP contribution in [-0.2, 0) is 10.3 Å². The molecule has 0 bridgehead atoms. The summed E-state index contributed by atoms with van der Waals surface area (Å²) in [6.07, 6.45) is -0.260. The number of rotatable bonds is 2. The van der Waals surface area contributed by atoms with Crippen molar-refractivity contribution in [2.24, 2.45) is 11.8 Å². The predicted octanol–water partition coefficient (Wildman–Crippen LogP) is 1.88. The molecule has 7 heteroatoms. The highest BCUT2D eigenvalue weighted by Crippen LogP contribution is 2.57. The molecule has 7 nitrogen and oxygen atoms in total. The summed E-state index contributed by atoms with van der Waals surface area (Å²) in [5.41, 5.74) is -1.60. The molecule has 1 aromatic heterocycles. The van der Waals surface area contributed by atoms with Crippen molar-refractivity contribution >= 4 is 6.09 Å². The molecule has 3 rings (SSSR count). The van der Waals surface area contributed by atoms with E-state index in [9.17, 15) is 9.90 Å². The summed E-state index contributed by atoms with van der Waals surface area (Å²) in [5.74, 6) is 1.81. The fourth-order valence-electron chi connectivity index (χ4n) is 3.00. The lowest BCUT2D eigenvalue weighted by molar-refractivity contribution is 0.0270. The number of nitrogens with zero attached hydrogens (tertiary/aromatic N) is 3. The highest BCUT2D eigenvalue weighted by molar-refractivity contribution is 5.69. The molecule has 2 heterocycles. The van der Waals surface area contributed by atoms with E-state index in [1.807, 2.05) is 20.8 Å². The third kappa shape index (κ3) is 2.82. The monoisotopic (exact) mass is 309 g/mol. The van der Waals surface area contributed by atoms with Crippen LogP contribution in [0.5, 0.6) is 0 Å². The molecule has 122 valence electrons. The van der Waals surface area contributed by atoms with Gasteiger partial charge in [0.2, 0.25) is 0 Å². The highest BCUT2D eigenvalue weighted by Gasteiger charge is 2.60. The standard InChI is InChI=1S/C15H23N3O4/c1-14(2,3)21-13(19)18-6-8-9(7-18)10(8)11-16-12(22-17-11)15(4,5)20/h8-10,20H,6-7H2,1-5H3. The number of aliphatic hydroxyl groups is 1. The lowest BCUT2D eigenvalue weighted by Crippen LogP contribution is -2.36. The second-order valence-electron chi connectivity index (χ2n) is 7.76. The number of aromatic nitrogens is 2. The van der Waals surface area contributed by atoms with Gasteiger partial charge in [-0.3, -0.25) is 0 Å². The van der Waals surface area contributed by atoms with E-state index in [0.717, 1.165) is 0 Å². The van der Waals surface area contributed by atoms with Crippen molar-refractivity contribution in [1.29, 1.82) is 0 Å². The first-order valence-corrected chi connectivity index (χ1v) is 7.60. The third-order valence-electron chi connectivity index (χ3n) is 4.11. The van der Waals surface area contributed by atoms with Crippen LogP contribution in [0, 0.1) is 11.8 Å². The van der Waals surface area contributed by atoms with Gasteiger partial charge in [0.25, 0.3) is 5.89 Å². The van der Waals surface area contributed by atoms with E-state index >= 15 is 0 Å². The van der Waals surface area contributed by atoms with Crippen LogP contribution < -0.4 is 0 Å². The van der Waals surface area contributed by atoms with Gasteiger partial charge in [-0.1, -0.05) is 5.16 Å². The van der Waals surface area contributed by atoms with Gasteiger partial charge in [0.1, 0.15) is 11.2 Å². The van der Waals surface area contributed by atoms with Crippen LogP contribution in [0.4, 0.5) is 4.79 Å². The number of likely N-dealkylation sites (tertiary alicyclic amines) is 1. The Balaban J connectivity index is 1.59. The number of hydrogen-bond acceptors (Lipinski definition) is 6. The van der Waals surface area contributed by atoms with Gasteiger partial charge in [-0.15, -0.1) is 0 Å². The maximum atomic E-state index is 12.0. The summed E-state index contributed by atoms with van der Waals surface area (Å²) in [4.78, 5) is 18.1. The topological polar surface area (TPSA) is 88.7 Å². The van der Waals surface area contributed by atoms with Gasteiger partial charge in [-0.05, 0) is 46.5 Å². The van der Waals surface area contributed by atoms with Crippen LogP contribution in [0.25, 0.3) is 0 Å². The van der Waals surface area contributed by atoms with E-state index in [-0.39, 0.29) is 17.9 Å². The number of hydrogen-bond donors (Lipinski definition) is 1. The lowest BCUT2D eigenvalue weighted by atomic mass is 10.1. The van der Waals surface area contributed by atoms with Gasteiger partial charge < -0.3 is 19.3 Å². The summed E-state index contributed by atoms with van der Waals surface area (Å²) in [6, 6.07) is 0. The number of carbonyl (C=O) groups excluding carboxylic acids is 1. The Hall–Kier alpha value is -1.63. The molecule has 1 saturated carbocycles. The second-order valence-corrected chi connectivity index (χ2v) is 7.76. The largest absolute Gasteiger partial charge is 0.444 e. The van der Waals surface area contributed by atoms with E-state index in [0.29, 0.717) is 30.7 Å². The Kier molecular flexibility index (Phi) is 3.25. The first kappa shape index (κ1) is 15.3. The average molecular weight is 309 g/mol. The summed E-state index contributed by atoms with van der Waals surface area (Å²) >= 11 is 0. The molecule has 1 N–H and O–H groups in total. The Morgan fingerprint density at radius 2 is 1.86 bits per heavy atom. The van der Waals surface area contributed by atoms with Crippen molar-refractivity contribution < 1.29 is 19.2 Å². The average Bonchev–Trinajstić information content (AvgIpc) is 2.81. The zero-order valence-corrected chi connectivity index (χ0v) is 13.7. The van der Waals surface area contributed by atoms with E-state index in [4.69, 9.17) is 9.26 Å². The molecule has 2 atom stereocenters. The minimum absolute atomic E-state index is 0.221. The Bertz CT molecular complexity index is 572. The van der Waals surface area contributed by atoms with E-state index < -0.39 is 11.2 Å². The van der Waals surface area contributed by atoms with E-state index in [1.54, 1.807) is 18.7 Å². The normalized spacial score (nSPS) is 27.7. The molecular weight excluding hydrogens is 286 g/mol. The molecule has 0 spiro atoms. The fourth-order valence-corrected chi connectivity index (χ4v) is 3.00. The van der Waals surface area contributed by atoms with Crippen LogP contribution in [0.3, 0.4) is 0 Å². The van der Waals surface area contributed by atoms with Crippen LogP contribution >= 0.6 is 0 Å². The van der Waals surface area contributed by atoms with Gasteiger partial charge in [0.15, 0.2) is 5.82 Å². The summed E-state index contributed by atoms with van der Waals surface area (Å²) in [6.45, 7) is 10.1. The third-order valence-corrected chi connectivity index (χ3v) is 4.11. The molecule has 0 aromatic carbocycles. The van der Waals surface area contributed by atoms with Gasteiger partial charge in [-0.2, -0.15) is 4.98 Å². The van der Waals surface area contributed by atoms with Crippen LogP contribution in [0.2, 0.25) is 0 Å². The van der Waals surface area contributed by atoms with E-state index in [2.05, 4.69) is 10.1 Å². The second kappa shape index (κ2) is 4.68. The SMILES string of the molecule is CC(C)(C)OC(=O)N1CC2C(C1)C2c1noc(C(C)(C)O)n1. The number of carbonyl (C=O) groups is 1. The minimum atomic E-state index is -1.13. The van der Waals surface area contributed by atoms with Gasteiger partial charge >= 0.3 is 6.09 Å². The van der Waals surface area contributed by atoms with Crippen molar-refractivity contribution in [3.8, 4) is 0 Å². The Morgan fingerprint density at radius 3 is 2.32 bits per heavy atom. The molecule has 1 saturated heterocycles. The van der Waals surface area contributed by atoms with Crippen molar-refractivity contribution in [2.45, 2.75) is 51.7 Å². The van der Waals surface area contributed by atoms with Crippen LogP contribution in [-0.4, -0.2) is 44.9 Å². The molecular formula is C15H23N3O4. The Labute approximate surface area is 129 Å². The van der Waals surface area contributed by atoms with Crippen molar-refractivity contribution in [1.82, 2.24) is 15.0 Å². The van der Waals surface area contributed by atoms with Crippen molar-refractivity contribution in [3.05, 3.63) is 11.7 Å². The quantitative estimate of drug-likeness (QED) is 0.897. The zero-order chi connectivity index (χ0) is 16.3. The predicted molar refractivity (Wildman–Crippen MR) is 77.1 cm³/mol. The lowest BCUT2D eigenvalue weighted by Gasteiger charge is -2.25.